The molecule has 0 unspecified atom stereocenters. The second-order valence-electron chi connectivity index (χ2n) is 6.61. The van der Waals surface area contributed by atoms with Crippen molar-refractivity contribution in [3.8, 4) is 0 Å². The second-order valence-corrected chi connectivity index (χ2v) is 7.43. The van der Waals surface area contributed by atoms with Crippen molar-refractivity contribution in [1.29, 1.82) is 0 Å². The van der Waals surface area contributed by atoms with Crippen molar-refractivity contribution in [1.82, 2.24) is 5.32 Å². The highest BCUT2D eigenvalue weighted by molar-refractivity contribution is 7.80. The summed E-state index contributed by atoms with van der Waals surface area (Å²) in [5.41, 5.74) is 2.31. The Morgan fingerprint density at radius 1 is 1.27 bits per heavy atom. The molecule has 1 aliphatic rings. The predicted molar refractivity (Wildman–Crippen MR) is 99.0 cm³/mol. The SMILES string of the molecule is Cc1ccc(NC(=S)NCC2([NH+](C)C)CCCCC2)cc1Cl. The molecule has 3 nitrogen and oxygen atoms in total. The van der Waals surface area contributed by atoms with E-state index in [4.69, 9.17) is 23.8 Å². The molecule has 2 rings (SSSR count). The maximum Gasteiger partial charge on any atom is 0.171 e. The number of rotatable bonds is 4. The molecule has 1 fully saturated rings. The van der Waals surface area contributed by atoms with Gasteiger partial charge >= 0.3 is 0 Å². The fourth-order valence-electron chi connectivity index (χ4n) is 3.18. The van der Waals surface area contributed by atoms with Crippen LogP contribution < -0.4 is 15.5 Å². The standard InChI is InChI=1S/C17H26ClN3S/c1-13-7-8-14(11-15(13)18)20-16(22)19-12-17(21(2)3)9-5-4-6-10-17/h7-8,11H,4-6,9-10,12H2,1-3H3,(H2,19,20,22)/p+1. The van der Waals surface area contributed by atoms with Gasteiger partial charge in [0, 0.05) is 23.6 Å². The molecule has 1 aliphatic carbocycles. The molecule has 0 bridgehead atoms. The lowest BCUT2D eigenvalue weighted by atomic mass is 9.80. The van der Waals surface area contributed by atoms with E-state index in [0.717, 1.165) is 22.8 Å². The summed E-state index contributed by atoms with van der Waals surface area (Å²) in [7, 11) is 4.51. The number of aryl methyl sites for hydroxylation is 1. The van der Waals surface area contributed by atoms with Crippen LogP contribution in [0, 0.1) is 6.92 Å². The van der Waals surface area contributed by atoms with Crippen molar-refractivity contribution in [3.63, 3.8) is 0 Å². The van der Waals surface area contributed by atoms with E-state index in [9.17, 15) is 0 Å². The van der Waals surface area contributed by atoms with E-state index in [1.807, 2.05) is 25.1 Å². The molecule has 122 valence electrons. The molecule has 22 heavy (non-hydrogen) atoms. The molecule has 0 aromatic heterocycles. The Bertz CT molecular complexity index is 525. The first kappa shape index (κ1) is 17.5. The van der Waals surface area contributed by atoms with E-state index in [2.05, 4.69) is 24.7 Å². The molecule has 0 heterocycles. The minimum atomic E-state index is 0.301. The molecule has 0 amide bonds. The normalized spacial score (nSPS) is 17.3. The molecule has 0 saturated heterocycles. The van der Waals surface area contributed by atoms with Gasteiger partial charge in [0.2, 0.25) is 0 Å². The third-order valence-electron chi connectivity index (χ3n) is 4.89. The highest BCUT2D eigenvalue weighted by atomic mass is 35.5. The van der Waals surface area contributed by atoms with Crippen LogP contribution in [-0.2, 0) is 0 Å². The van der Waals surface area contributed by atoms with Crippen molar-refractivity contribution in [3.05, 3.63) is 28.8 Å². The van der Waals surface area contributed by atoms with Crippen molar-refractivity contribution in [2.24, 2.45) is 0 Å². The predicted octanol–water partition coefficient (Wildman–Crippen LogP) is 2.78. The molecule has 0 radical (unpaired) electrons. The molecule has 1 aromatic carbocycles. The Hall–Kier alpha value is -0.840. The third-order valence-corrected chi connectivity index (χ3v) is 5.54. The van der Waals surface area contributed by atoms with Crippen molar-refractivity contribution in [2.75, 3.05) is 26.0 Å². The zero-order valence-electron chi connectivity index (χ0n) is 13.8. The molecule has 1 aromatic rings. The number of anilines is 1. The summed E-state index contributed by atoms with van der Waals surface area (Å²) in [6.07, 6.45) is 6.53. The summed E-state index contributed by atoms with van der Waals surface area (Å²) in [5, 5.41) is 8.08. The van der Waals surface area contributed by atoms with Gasteiger partial charge in [-0.3, -0.25) is 0 Å². The molecule has 1 saturated carbocycles. The number of quaternary nitrogens is 1. The molecule has 0 spiro atoms. The number of thiocarbonyl (C=S) groups is 1. The van der Waals surface area contributed by atoms with E-state index in [-0.39, 0.29) is 0 Å². The van der Waals surface area contributed by atoms with Crippen LogP contribution in [0.4, 0.5) is 5.69 Å². The van der Waals surface area contributed by atoms with E-state index in [1.54, 1.807) is 0 Å². The van der Waals surface area contributed by atoms with Crippen molar-refractivity contribution >= 4 is 34.6 Å². The number of halogens is 1. The highest BCUT2D eigenvalue weighted by Crippen LogP contribution is 2.25. The fourth-order valence-corrected chi connectivity index (χ4v) is 3.55. The lowest BCUT2D eigenvalue weighted by Crippen LogP contribution is -3.16. The van der Waals surface area contributed by atoms with Gasteiger partial charge in [0.25, 0.3) is 0 Å². The third kappa shape index (κ3) is 4.34. The summed E-state index contributed by atoms with van der Waals surface area (Å²) < 4.78 is 0. The lowest BCUT2D eigenvalue weighted by Gasteiger charge is -2.40. The fraction of sp³-hybridized carbons (Fsp3) is 0.588. The van der Waals surface area contributed by atoms with Crippen LogP contribution in [-0.4, -0.2) is 31.3 Å². The Balaban J connectivity index is 1.92. The minimum absolute atomic E-state index is 0.301. The van der Waals surface area contributed by atoms with E-state index in [0.29, 0.717) is 10.7 Å². The maximum atomic E-state index is 6.15. The summed E-state index contributed by atoms with van der Waals surface area (Å²) in [6, 6.07) is 5.92. The monoisotopic (exact) mass is 340 g/mol. The summed E-state index contributed by atoms with van der Waals surface area (Å²) in [6.45, 7) is 2.91. The highest BCUT2D eigenvalue weighted by Gasteiger charge is 2.37. The van der Waals surface area contributed by atoms with Gasteiger partial charge in [0.15, 0.2) is 5.11 Å². The Kier molecular flexibility index (Phi) is 6.07. The molecule has 5 heteroatoms. The van der Waals surface area contributed by atoms with Gasteiger partial charge in [0.1, 0.15) is 5.54 Å². The second kappa shape index (κ2) is 7.62. The molecule has 0 atom stereocenters. The van der Waals surface area contributed by atoms with Crippen molar-refractivity contribution < 1.29 is 4.90 Å². The van der Waals surface area contributed by atoms with Crippen LogP contribution in [0.5, 0.6) is 0 Å². The molecule has 0 aliphatic heterocycles. The van der Waals surface area contributed by atoms with E-state index < -0.39 is 0 Å². The van der Waals surface area contributed by atoms with Crippen LogP contribution in [0.3, 0.4) is 0 Å². The van der Waals surface area contributed by atoms with Gasteiger partial charge < -0.3 is 15.5 Å². The van der Waals surface area contributed by atoms with Crippen LogP contribution in [0.1, 0.15) is 37.7 Å². The Morgan fingerprint density at radius 2 is 1.95 bits per heavy atom. The van der Waals surface area contributed by atoms with Gasteiger partial charge in [-0.15, -0.1) is 0 Å². The van der Waals surface area contributed by atoms with Crippen LogP contribution >= 0.6 is 23.8 Å². The van der Waals surface area contributed by atoms with Gasteiger partial charge in [-0.25, -0.2) is 0 Å². The van der Waals surface area contributed by atoms with Crippen LogP contribution in [0.2, 0.25) is 5.02 Å². The minimum Gasteiger partial charge on any atom is -0.356 e. The Morgan fingerprint density at radius 3 is 2.55 bits per heavy atom. The molecular formula is C17H27ClN3S+. The van der Waals surface area contributed by atoms with Gasteiger partial charge in [0.05, 0.1) is 20.6 Å². The van der Waals surface area contributed by atoms with Gasteiger partial charge in [-0.2, -0.15) is 0 Å². The topological polar surface area (TPSA) is 28.5 Å². The van der Waals surface area contributed by atoms with Crippen LogP contribution in [0.15, 0.2) is 18.2 Å². The first-order chi connectivity index (χ1) is 10.4. The zero-order chi connectivity index (χ0) is 16.2. The summed E-state index contributed by atoms with van der Waals surface area (Å²) in [4.78, 5) is 1.51. The molecular weight excluding hydrogens is 314 g/mol. The number of benzene rings is 1. The first-order valence-corrected chi connectivity index (χ1v) is 8.83. The average Bonchev–Trinajstić information content (AvgIpc) is 2.50. The number of nitrogens with one attached hydrogen (secondary N) is 3. The van der Waals surface area contributed by atoms with Gasteiger partial charge in [-0.1, -0.05) is 24.1 Å². The quantitative estimate of drug-likeness (QED) is 0.736. The average molecular weight is 341 g/mol. The lowest BCUT2D eigenvalue weighted by molar-refractivity contribution is -0.916. The smallest absolute Gasteiger partial charge is 0.171 e. The largest absolute Gasteiger partial charge is 0.356 e. The van der Waals surface area contributed by atoms with Crippen LogP contribution in [0.25, 0.3) is 0 Å². The molecule has 3 N–H and O–H groups in total. The summed E-state index contributed by atoms with van der Waals surface area (Å²) >= 11 is 11.6. The van der Waals surface area contributed by atoms with E-state index >= 15 is 0 Å². The number of likely N-dealkylation sites (N-methyl/N-ethyl adjacent to an activating group) is 1. The number of hydrogen-bond donors (Lipinski definition) is 3. The maximum absolute atomic E-state index is 6.15. The van der Waals surface area contributed by atoms with E-state index in [1.165, 1.54) is 37.0 Å². The number of hydrogen-bond acceptors (Lipinski definition) is 1. The first-order valence-electron chi connectivity index (χ1n) is 8.05. The summed E-state index contributed by atoms with van der Waals surface area (Å²) in [5.74, 6) is 0. The Labute approximate surface area is 144 Å². The zero-order valence-corrected chi connectivity index (χ0v) is 15.3. The van der Waals surface area contributed by atoms with Crippen molar-refractivity contribution in [2.45, 2.75) is 44.6 Å². The van der Waals surface area contributed by atoms with Gasteiger partial charge in [-0.05, 0) is 49.7 Å².